The Labute approximate surface area is 187 Å². The van der Waals surface area contributed by atoms with Crippen LogP contribution in [0.15, 0.2) is 72.8 Å². The van der Waals surface area contributed by atoms with Crippen molar-refractivity contribution in [1.82, 2.24) is 15.6 Å². The number of carbonyl (C=O) groups excluding carboxylic acids is 1. The smallest absolute Gasteiger partial charge is 0.320 e. The van der Waals surface area contributed by atoms with Crippen molar-refractivity contribution in [3.8, 4) is 0 Å². The second-order valence-electron chi connectivity index (χ2n) is 6.85. The van der Waals surface area contributed by atoms with Gasteiger partial charge in [0, 0.05) is 5.57 Å². The first-order valence-corrected chi connectivity index (χ1v) is 10.9. The van der Waals surface area contributed by atoms with E-state index in [9.17, 15) is 4.79 Å². The lowest BCUT2D eigenvalue weighted by atomic mass is 9.93. The number of nitrogens with one attached hydrogen (secondary N) is 2. The molecule has 2 amide bonds. The lowest BCUT2D eigenvalue weighted by molar-refractivity contribution is 0.242. The number of para-hydroxylation sites is 1. The minimum atomic E-state index is -0.427. The highest BCUT2D eigenvalue weighted by atomic mass is 35.5. The Balaban J connectivity index is 1.77. The number of aromatic nitrogens is 1. The van der Waals surface area contributed by atoms with Crippen molar-refractivity contribution in [2.75, 3.05) is 0 Å². The van der Waals surface area contributed by atoms with Crippen LogP contribution < -0.4 is 10.6 Å². The lowest BCUT2D eigenvalue weighted by Crippen LogP contribution is -2.42. The van der Waals surface area contributed by atoms with Crippen LogP contribution in [0.4, 0.5) is 4.79 Å². The van der Waals surface area contributed by atoms with Gasteiger partial charge in [0.25, 0.3) is 0 Å². The van der Waals surface area contributed by atoms with Gasteiger partial charge >= 0.3 is 6.03 Å². The molecule has 0 radical (unpaired) electrons. The molecule has 4 aromatic rings. The fraction of sp³-hybridized carbons (Fsp3) is 0.0435. The topological polar surface area (TPSA) is 54.0 Å². The molecule has 1 atom stereocenters. The van der Waals surface area contributed by atoms with Gasteiger partial charge in [-0.1, -0.05) is 71.7 Å². The van der Waals surface area contributed by atoms with Crippen LogP contribution in [0.25, 0.3) is 21.5 Å². The SMILES string of the molecule is O=C1NC(c2ccccc2)=C(c2nc3ccccc3s2)[C@H](c2ccc(Cl)c(Cl)c2)N1. The predicted octanol–water partition coefficient (Wildman–Crippen LogP) is 6.53. The molecule has 0 unspecified atom stereocenters. The van der Waals surface area contributed by atoms with Crippen LogP contribution in [-0.4, -0.2) is 11.0 Å². The Morgan fingerprint density at radius 2 is 1.67 bits per heavy atom. The van der Waals surface area contributed by atoms with Crippen LogP contribution >= 0.6 is 34.5 Å². The summed E-state index contributed by atoms with van der Waals surface area (Å²) in [5, 5.41) is 7.75. The standard InChI is InChI=1S/C23H15Cl2N3OS/c24-15-11-10-14(12-16(15)25)21-19(22-26-17-8-4-5-9-18(17)30-22)20(27-23(29)28-21)13-6-2-1-3-7-13/h1-12,21H,(H2,27,28,29)/t21-/m0/s1. The van der Waals surface area contributed by atoms with E-state index in [0.29, 0.717) is 10.0 Å². The van der Waals surface area contributed by atoms with Gasteiger partial charge < -0.3 is 10.6 Å². The summed E-state index contributed by atoms with van der Waals surface area (Å²) in [6.45, 7) is 0. The van der Waals surface area contributed by atoms with E-state index in [0.717, 1.165) is 37.6 Å². The lowest BCUT2D eigenvalue weighted by Gasteiger charge is -2.30. The Kier molecular flexibility index (Phi) is 4.95. The molecular weight excluding hydrogens is 437 g/mol. The van der Waals surface area contributed by atoms with E-state index in [1.54, 1.807) is 23.5 Å². The van der Waals surface area contributed by atoms with Gasteiger partial charge in [-0.3, -0.25) is 0 Å². The molecule has 3 aromatic carbocycles. The zero-order valence-corrected chi connectivity index (χ0v) is 17.9. The largest absolute Gasteiger partial charge is 0.327 e. The summed E-state index contributed by atoms with van der Waals surface area (Å²) in [5.74, 6) is 0. The number of amides is 2. The van der Waals surface area contributed by atoms with Gasteiger partial charge in [-0.25, -0.2) is 9.78 Å². The third-order valence-electron chi connectivity index (χ3n) is 4.94. The molecule has 0 saturated heterocycles. The summed E-state index contributed by atoms with van der Waals surface area (Å²) in [6.07, 6.45) is 0. The number of halogens is 2. The molecule has 1 aliphatic rings. The average Bonchev–Trinajstić information content (AvgIpc) is 3.19. The van der Waals surface area contributed by atoms with Crippen LogP contribution in [0.2, 0.25) is 10.0 Å². The Morgan fingerprint density at radius 3 is 2.43 bits per heavy atom. The Morgan fingerprint density at radius 1 is 0.900 bits per heavy atom. The molecule has 1 aliphatic heterocycles. The highest BCUT2D eigenvalue weighted by Crippen LogP contribution is 2.41. The van der Waals surface area contributed by atoms with Gasteiger partial charge in [0.2, 0.25) is 0 Å². The molecule has 0 saturated carbocycles. The third-order valence-corrected chi connectivity index (χ3v) is 6.74. The fourth-order valence-electron chi connectivity index (χ4n) is 3.56. The monoisotopic (exact) mass is 451 g/mol. The van der Waals surface area contributed by atoms with Crippen LogP contribution in [0.3, 0.4) is 0 Å². The third kappa shape index (κ3) is 3.45. The average molecular weight is 452 g/mol. The maximum absolute atomic E-state index is 12.6. The zero-order chi connectivity index (χ0) is 20.7. The van der Waals surface area contributed by atoms with E-state index >= 15 is 0 Å². The molecular formula is C23H15Cl2N3OS. The van der Waals surface area contributed by atoms with E-state index in [2.05, 4.69) is 10.6 Å². The van der Waals surface area contributed by atoms with Gasteiger partial charge in [-0.15, -0.1) is 11.3 Å². The summed E-state index contributed by atoms with van der Waals surface area (Å²) >= 11 is 14.0. The summed E-state index contributed by atoms with van der Waals surface area (Å²) < 4.78 is 1.08. The molecule has 0 aliphatic carbocycles. The molecule has 7 heteroatoms. The van der Waals surface area contributed by atoms with Gasteiger partial charge in [0.15, 0.2) is 0 Å². The molecule has 2 N–H and O–H groups in total. The van der Waals surface area contributed by atoms with Crippen molar-refractivity contribution in [3.63, 3.8) is 0 Å². The number of rotatable bonds is 3. The Bertz CT molecular complexity index is 1270. The van der Waals surface area contributed by atoms with Crippen molar-refractivity contribution in [2.45, 2.75) is 6.04 Å². The van der Waals surface area contributed by atoms with Crippen molar-refractivity contribution < 1.29 is 4.79 Å². The van der Waals surface area contributed by atoms with Gasteiger partial charge in [0.05, 0.1) is 32.0 Å². The maximum Gasteiger partial charge on any atom is 0.320 e. The molecule has 2 heterocycles. The molecule has 0 bridgehead atoms. The first-order chi connectivity index (χ1) is 14.6. The van der Waals surface area contributed by atoms with E-state index in [1.807, 2.05) is 60.7 Å². The van der Waals surface area contributed by atoms with Crippen molar-refractivity contribution in [1.29, 1.82) is 0 Å². The number of hydrogen-bond donors (Lipinski definition) is 2. The summed E-state index contributed by atoms with van der Waals surface area (Å²) in [6, 6.07) is 22.5. The quantitative estimate of drug-likeness (QED) is 0.372. The molecule has 30 heavy (non-hydrogen) atoms. The minimum absolute atomic E-state index is 0.283. The second kappa shape index (κ2) is 7.76. The number of thiazole rings is 1. The normalized spacial score (nSPS) is 16.5. The number of hydrogen-bond acceptors (Lipinski definition) is 3. The Hall–Kier alpha value is -2.86. The number of nitrogens with zero attached hydrogens (tertiary/aromatic N) is 1. The van der Waals surface area contributed by atoms with Gasteiger partial charge in [-0.05, 0) is 35.4 Å². The highest BCUT2D eigenvalue weighted by Gasteiger charge is 2.32. The number of fused-ring (bicyclic) bond motifs is 1. The van der Waals surface area contributed by atoms with E-state index < -0.39 is 6.04 Å². The highest BCUT2D eigenvalue weighted by molar-refractivity contribution is 7.19. The zero-order valence-electron chi connectivity index (χ0n) is 15.5. The van der Waals surface area contributed by atoms with Crippen LogP contribution in [-0.2, 0) is 0 Å². The molecule has 0 spiro atoms. The molecule has 4 nitrogen and oxygen atoms in total. The second-order valence-corrected chi connectivity index (χ2v) is 8.69. The number of carbonyl (C=O) groups is 1. The van der Waals surface area contributed by atoms with Crippen molar-refractivity contribution >= 4 is 62.1 Å². The molecule has 0 fully saturated rings. The van der Waals surface area contributed by atoms with E-state index in [-0.39, 0.29) is 6.03 Å². The molecule has 1 aromatic heterocycles. The molecule has 5 rings (SSSR count). The fourth-order valence-corrected chi connectivity index (χ4v) is 4.91. The number of urea groups is 1. The summed E-state index contributed by atoms with van der Waals surface area (Å²) in [7, 11) is 0. The van der Waals surface area contributed by atoms with E-state index in [1.165, 1.54) is 0 Å². The summed E-state index contributed by atoms with van der Waals surface area (Å²) in [4.78, 5) is 17.5. The first-order valence-electron chi connectivity index (χ1n) is 9.28. The number of benzene rings is 3. The van der Waals surface area contributed by atoms with Crippen LogP contribution in [0.1, 0.15) is 22.2 Å². The van der Waals surface area contributed by atoms with Gasteiger partial charge in [-0.2, -0.15) is 0 Å². The predicted molar refractivity (Wildman–Crippen MR) is 124 cm³/mol. The maximum atomic E-state index is 12.6. The minimum Gasteiger partial charge on any atom is -0.327 e. The van der Waals surface area contributed by atoms with Crippen LogP contribution in [0, 0.1) is 0 Å². The van der Waals surface area contributed by atoms with Gasteiger partial charge in [0.1, 0.15) is 5.01 Å². The first kappa shape index (κ1) is 19.1. The van der Waals surface area contributed by atoms with Crippen molar-refractivity contribution in [3.05, 3.63) is 99.0 Å². The van der Waals surface area contributed by atoms with E-state index in [4.69, 9.17) is 28.2 Å². The van der Waals surface area contributed by atoms with Crippen molar-refractivity contribution in [2.24, 2.45) is 0 Å². The van der Waals surface area contributed by atoms with Crippen LogP contribution in [0.5, 0.6) is 0 Å². The molecule has 148 valence electrons. The summed E-state index contributed by atoms with van der Waals surface area (Å²) in [5.41, 5.74) is 4.28.